The lowest BCUT2D eigenvalue weighted by Crippen LogP contribution is -2.74. The number of nitrogens with one attached hydrogen (secondary N) is 1. The lowest BCUT2D eigenvalue weighted by Gasteiger charge is -2.59. The Morgan fingerprint density at radius 3 is 2.47 bits per heavy atom. The van der Waals surface area contributed by atoms with Crippen molar-refractivity contribution in [3.05, 3.63) is 24.0 Å². The normalized spacial score (nSPS) is 57.6. The van der Waals surface area contributed by atoms with Gasteiger partial charge in [-0.3, -0.25) is 0 Å². The van der Waals surface area contributed by atoms with Crippen LogP contribution in [0.15, 0.2) is 23.4 Å². The number of nitrogens with zero attached hydrogens (tertiary/aromatic N) is 1. The number of aliphatic hydroxyl groups is 5. The molecule has 6 aliphatic rings. The number of nitrogens with two attached hydrogens (primary N) is 1. The van der Waals surface area contributed by atoms with E-state index in [1.807, 2.05) is 6.92 Å². The maximum atomic E-state index is 13.2. The number of carbonyl (C=O) groups excluding carboxylic acids is 1. The third-order valence-electron chi connectivity index (χ3n) is 11.2. The van der Waals surface area contributed by atoms with E-state index in [0.717, 1.165) is 0 Å². The molecule has 1 spiro atoms. The molecule has 10 atom stereocenters. The van der Waals surface area contributed by atoms with Crippen LogP contribution in [0.5, 0.6) is 0 Å². The molecule has 0 radical (unpaired) electrons. The zero-order chi connectivity index (χ0) is 26.5. The van der Waals surface area contributed by atoms with Crippen LogP contribution >= 0.6 is 0 Å². The van der Waals surface area contributed by atoms with Crippen molar-refractivity contribution in [3.63, 3.8) is 0 Å². The van der Waals surface area contributed by atoms with Crippen molar-refractivity contribution < 1.29 is 39.8 Å². The van der Waals surface area contributed by atoms with Gasteiger partial charge in [-0.2, -0.15) is 5.10 Å². The number of esters is 1. The molecule has 6 bridgehead atoms. The number of rotatable bonds is 3. The number of hydrazone groups is 1. The third-order valence-corrected chi connectivity index (χ3v) is 11.2. The highest BCUT2D eigenvalue weighted by atomic mass is 16.7. The summed E-state index contributed by atoms with van der Waals surface area (Å²) in [5, 5.41) is 66.9. The molecule has 36 heavy (non-hydrogen) atoms. The maximum absolute atomic E-state index is 13.2. The number of H-pyrrole nitrogens is 1. The standard InChI is InChI=1S/C25H35N3O8/c1-12(2)22(32)17(35-16(29)14-7-6-10-27-14)23(33)18(4)11-21(31)19(22,5)25(23,34)24(36-21)15(28-26)13(3)8-9-20(18,24)30/h6-7,10,12-13,17,27,30-34H,8-9,11,26H2,1-5H3/b28-15+/t13-,17+,18-,19+,20-,21-,22+,23+,24+,25+/m0/s1. The molecule has 4 saturated carbocycles. The molecule has 2 aliphatic heterocycles. The highest BCUT2D eigenvalue weighted by Gasteiger charge is 3.10. The molecule has 4 aliphatic carbocycles. The number of hydrogen-bond donors (Lipinski definition) is 7. The quantitative estimate of drug-likeness (QED) is 0.165. The first-order valence-electron chi connectivity index (χ1n) is 12.5. The first-order chi connectivity index (χ1) is 16.6. The van der Waals surface area contributed by atoms with Crippen LogP contribution in [0.1, 0.15) is 64.4 Å². The molecule has 11 heteroatoms. The van der Waals surface area contributed by atoms with Crippen molar-refractivity contribution in [2.75, 3.05) is 0 Å². The summed E-state index contributed by atoms with van der Waals surface area (Å²) < 4.78 is 12.2. The van der Waals surface area contributed by atoms with Crippen molar-refractivity contribution in [1.29, 1.82) is 0 Å². The minimum absolute atomic E-state index is 0.0769. The smallest absolute Gasteiger partial charge is 0.355 e. The second-order valence-corrected chi connectivity index (χ2v) is 12.3. The number of aromatic amines is 1. The summed E-state index contributed by atoms with van der Waals surface area (Å²) in [6.07, 6.45) is -0.0288. The molecule has 11 nitrogen and oxygen atoms in total. The highest BCUT2D eigenvalue weighted by molar-refractivity contribution is 6.01. The number of carbonyl (C=O) groups is 1. The Hall–Kier alpha value is -2.02. The van der Waals surface area contributed by atoms with Gasteiger partial charge < -0.3 is 45.8 Å². The van der Waals surface area contributed by atoms with Crippen LogP contribution in [-0.4, -0.2) is 82.1 Å². The van der Waals surface area contributed by atoms with Crippen molar-refractivity contribution >= 4 is 11.7 Å². The fourth-order valence-corrected chi connectivity index (χ4v) is 9.55. The van der Waals surface area contributed by atoms with Crippen LogP contribution in [0, 0.1) is 22.7 Å². The van der Waals surface area contributed by atoms with Gasteiger partial charge in [0.25, 0.3) is 0 Å². The van der Waals surface area contributed by atoms with Crippen LogP contribution in [0.2, 0.25) is 0 Å². The van der Waals surface area contributed by atoms with E-state index in [2.05, 4.69) is 10.1 Å². The van der Waals surface area contributed by atoms with Gasteiger partial charge in [0.2, 0.25) is 0 Å². The molecular formula is C25H35N3O8. The number of hydrogen-bond acceptors (Lipinski definition) is 10. The Labute approximate surface area is 208 Å². The summed E-state index contributed by atoms with van der Waals surface area (Å²) in [5.74, 6) is 1.63. The monoisotopic (exact) mass is 505 g/mol. The Kier molecular flexibility index (Phi) is 4.16. The van der Waals surface area contributed by atoms with Crippen molar-refractivity contribution in [2.45, 2.75) is 93.8 Å². The second kappa shape index (κ2) is 6.16. The Bertz CT molecular complexity index is 1210. The van der Waals surface area contributed by atoms with Crippen LogP contribution in [0.3, 0.4) is 0 Å². The summed E-state index contributed by atoms with van der Waals surface area (Å²) in [4.78, 5) is 16.0. The first kappa shape index (κ1) is 24.3. The zero-order valence-electron chi connectivity index (χ0n) is 21.1. The summed E-state index contributed by atoms with van der Waals surface area (Å²) in [6.45, 7) is 8.07. The van der Waals surface area contributed by atoms with Crippen LogP contribution in [-0.2, 0) is 9.47 Å². The minimum atomic E-state index is -2.55. The van der Waals surface area contributed by atoms with Gasteiger partial charge in [0.05, 0.1) is 11.1 Å². The van der Waals surface area contributed by atoms with E-state index in [-0.39, 0.29) is 30.2 Å². The minimum Gasteiger partial charge on any atom is -0.451 e. The van der Waals surface area contributed by atoms with E-state index >= 15 is 0 Å². The fraction of sp³-hybridized carbons (Fsp3) is 0.760. The predicted molar refractivity (Wildman–Crippen MR) is 124 cm³/mol. The molecule has 0 unspecified atom stereocenters. The van der Waals surface area contributed by atoms with E-state index in [1.165, 1.54) is 19.2 Å². The molecule has 198 valence electrons. The molecule has 7 rings (SSSR count). The van der Waals surface area contributed by atoms with E-state index in [9.17, 15) is 30.3 Å². The van der Waals surface area contributed by atoms with E-state index < -0.39 is 62.6 Å². The predicted octanol–water partition coefficient (Wildman–Crippen LogP) is -0.234. The number of ether oxygens (including phenoxy) is 2. The maximum Gasteiger partial charge on any atom is 0.355 e. The molecule has 1 aromatic heterocycles. The Balaban J connectivity index is 1.71. The lowest BCUT2D eigenvalue weighted by atomic mass is 9.52. The van der Waals surface area contributed by atoms with Crippen LogP contribution in [0.25, 0.3) is 0 Å². The van der Waals surface area contributed by atoms with Gasteiger partial charge in [-0.1, -0.05) is 27.7 Å². The van der Waals surface area contributed by atoms with Gasteiger partial charge in [-0.15, -0.1) is 0 Å². The van der Waals surface area contributed by atoms with Crippen molar-refractivity contribution in [1.82, 2.24) is 4.98 Å². The third kappa shape index (κ3) is 1.74. The van der Waals surface area contributed by atoms with Gasteiger partial charge in [0.15, 0.2) is 17.5 Å². The van der Waals surface area contributed by atoms with Gasteiger partial charge in [-0.25, -0.2) is 4.79 Å². The zero-order valence-corrected chi connectivity index (χ0v) is 21.1. The fourth-order valence-electron chi connectivity index (χ4n) is 9.55. The summed E-state index contributed by atoms with van der Waals surface area (Å²) >= 11 is 0. The summed E-state index contributed by atoms with van der Waals surface area (Å²) in [5.41, 5.74) is -14.9. The van der Waals surface area contributed by atoms with Gasteiger partial charge in [-0.05, 0) is 43.7 Å². The summed E-state index contributed by atoms with van der Waals surface area (Å²) in [7, 11) is 0. The van der Waals surface area contributed by atoms with Crippen LogP contribution < -0.4 is 5.84 Å². The Morgan fingerprint density at radius 2 is 1.92 bits per heavy atom. The van der Waals surface area contributed by atoms with E-state index in [0.29, 0.717) is 6.42 Å². The average molecular weight is 506 g/mol. The molecule has 6 fully saturated rings. The number of aromatic nitrogens is 1. The van der Waals surface area contributed by atoms with Gasteiger partial charge in [0.1, 0.15) is 28.1 Å². The first-order valence-corrected chi connectivity index (χ1v) is 12.5. The lowest BCUT2D eigenvalue weighted by molar-refractivity contribution is -0.366. The summed E-state index contributed by atoms with van der Waals surface area (Å²) in [6, 6.07) is 3.08. The second-order valence-electron chi connectivity index (χ2n) is 12.3. The van der Waals surface area contributed by atoms with E-state index in [4.69, 9.17) is 15.3 Å². The van der Waals surface area contributed by atoms with E-state index in [1.54, 1.807) is 26.8 Å². The molecular weight excluding hydrogens is 470 g/mol. The largest absolute Gasteiger partial charge is 0.451 e. The molecule has 1 aromatic rings. The molecule has 8 N–H and O–H groups in total. The molecule has 0 aromatic carbocycles. The molecule has 3 heterocycles. The van der Waals surface area contributed by atoms with Crippen molar-refractivity contribution in [2.24, 2.45) is 33.6 Å². The SMILES string of the molecule is CC(C)[C@@]1(O)[C@@H](OC(=O)c2ccc[nH]2)[C@@]2(O)[C@@]3(C)C[C@]4(O)O[C@@]5(/C(=N/N)[C@@H](C)CC[C@]35O)[C@@]2(O)[C@@]14C. The topological polar surface area (TPSA) is 191 Å². The van der Waals surface area contributed by atoms with Gasteiger partial charge in [0, 0.05) is 18.0 Å². The van der Waals surface area contributed by atoms with Crippen LogP contribution in [0.4, 0.5) is 0 Å². The molecule has 2 saturated heterocycles. The average Bonchev–Trinajstić information content (AvgIpc) is 3.43. The molecule has 0 amide bonds. The Morgan fingerprint density at radius 1 is 1.25 bits per heavy atom. The highest BCUT2D eigenvalue weighted by Crippen LogP contribution is 2.90. The van der Waals surface area contributed by atoms with Gasteiger partial charge >= 0.3 is 5.97 Å². The van der Waals surface area contributed by atoms with Crippen molar-refractivity contribution in [3.8, 4) is 0 Å².